The van der Waals surface area contributed by atoms with Gasteiger partial charge in [0.15, 0.2) is 0 Å². The average molecular weight is 294 g/mol. The van der Waals surface area contributed by atoms with Crippen LogP contribution in [-0.2, 0) is 0 Å². The van der Waals surface area contributed by atoms with Crippen LogP contribution in [0.4, 0.5) is 10.1 Å². The highest BCUT2D eigenvalue weighted by molar-refractivity contribution is 5.73. The van der Waals surface area contributed by atoms with E-state index < -0.39 is 0 Å². The fourth-order valence-corrected chi connectivity index (χ4v) is 3.00. The Morgan fingerprint density at radius 1 is 1.14 bits per heavy atom. The molecule has 1 aliphatic heterocycles. The third-order valence-electron chi connectivity index (χ3n) is 4.43. The molecule has 3 heteroatoms. The quantitative estimate of drug-likeness (QED) is 0.809. The number of halogens is 1. The van der Waals surface area contributed by atoms with Gasteiger partial charge in [0.1, 0.15) is 11.9 Å². The summed E-state index contributed by atoms with van der Waals surface area (Å²) in [6.45, 7) is 4.17. The molecule has 0 amide bonds. The first-order valence-electron chi connectivity index (χ1n) is 7.73. The first-order chi connectivity index (χ1) is 10.7. The molecule has 0 unspecified atom stereocenters. The monoisotopic (exact) mass is 294 g/mol. The van der Waals surface area contributed by atoms with Crippen molar-refractivity contribution in [2.45, 2.75) is 19.8 Å². The van der Waals surface area contributed by atoms with E-state index in [2.05, 4.69) is 17.9 Å². The maximum atomic E-state index is 14.0. The number of anilines is 1. The van der Waals surface area contributed by atoms with Crippen molar-refractivity contribution in [1.29, 1.82) is 5.26 Å². The normalized spacial score (nSPS) is 15.6. The lowest BCUT2D eigenvalue weighted by molar-refractivity contribution is 0.438. The zero-order valence-electron chi connectivity index (χ0n) is 12.7. The van der Waals surface area contributed by atoms with Gasteiger partial charge in [-0.25, -0.2) is 4.39 Å². The molecule has 112 valence electrons. The first kappa shape index (κ1) is 14.6. The summed E-state index contributed by atoms with van der Waals surface area (Å²) in [5.74, 6) is 0.502. The van der Waals surface area contributed by atoms with E-state index in [1.807, 2.05) is 18.2 Å². The van der Waals surface area contributed by atoms with Crippen LogP contribution >= 0.6 is 0 Å². The molecule has 1 saturated heterocycles. The lowest BCUT2D eigenvalue weighted by atomic mass is 9.96. The van der Waals surface area contributed by atoms with Gasteiger partial charge in [0.2, 0.25) is 0 Å². The van der Waals surface area contributed by atoms with Crippen LogP contribution in [0.5, 0.6) is 0 Å². The molecule has 0 spiro atoms. The third-order valence-corrected chi connectivity index (χ3v) is 4.43. The Labute approximate surface area is 130 Å². The van der Waals surface area contributed by atoms with Gasteiger partial charge in [0.25, 0.3) is 0 Å². The number of piperidine rings is 1. The van der Waals surface area contributed by atoms with Crippen molar-refractivity contribution in [2.24, 2.45) is 5.92 Å². The summed E-state index contributed by atoms with van der Waals surface area (Å²) in [4.78, 5) is 2.25. The molecule has 1 heterocycles. The fourth-order valence-electron chi connectivity index (χ4n) is 3.00. The summed E-state index contributed by atoms with van der Waals surface area (Å²) in [7, 11) is 0. The van der Waals surface area contributed by atoms with Crippen molar-refractivity contribution in [1.82, 2.24) is 0 Å². The molecule has 3 rings (SSSR count). The molecule has 22 heavy (non-hydrogen) atoms. The van der Waals surface area contributed by atoms with Gasteiger partial charge in [-0.3, -0.25) is 0 Å². The summed E-state index contributed by atoms with van der Waals surface area (Å²) in [5, 5.41) is 9.37. The summed E-state index contributed by atoms with van der Waals surface area (Å²) in [6, 6.07) is 14.6. The van der Waals surface area contributed by atoms with E-state index in [0.29, 0.717) is 11.1 Å². The van der Waals surface area contributed by atoms with Gasteiger partial charge in [-0.2, -0.15) is 5.26 Å². The Morgan fingerprint density at radius 2 is 1.86 bits per heavy atom. The van der Waals surface area contributed by atoms with E-state index in [1.165, 1.54) is 6.07 Å². The zero-order chi connectivity index (χ0) is 15.5. The molecule has 1 aliphatic rings. The highest BCUT2D eigenvalue weighted by atomic mass is 19.1. The minimum Gasteiger partial charge on any atom is -0.370 e. The minimum absolute atomic E-state index is 0.231. The molecule has 0 saturated carbocycles. The van der Waals surface area contributed by atoms with Crippen molar-refractivity contribution >= 4 is 5.69 Å². The van der Waals surface area contributed by atoms with Gasteiger partial charge >= 0.3 is 0 Å². The van der Waals surface area contributed by atoms with Crippen LogP contribution in [-0.4, -0.2) is 13.1 Å². The number of hydrogen-bond acceptors (Lipinski definition) is 2. The second kappa shape index (κ2) is 6.19. The average Bonchev–Trinajstić information content (AvgIpc) is 2.55. The van der Waals surface area contributed by atoms with E-state index in [-0.39, 0.29) is 5.82 Å². The number of hydrogen-bond donors (Lipinski definition) is 0. The van der Waals surface area contributed by atoms with Crippen LogP contribution in [0.15, 0.2) is 42.5 Å². The number of benzene rings is 2. The Kier molecular flexibility index (Phi) is 4.11. The molecular weight excluding hydrogens is 275 g/mol. The number of nitrogens with zero attached hydrogens (tertiary/aromatic N) is 2. The van der Waals surface area contributed by atoms with E-state index in [1.54, 1.807) is 18.2 Å². The van der Waals surface area contributed by atoms with Crippen LogP contribution < -0.4 is 4.90 Å². The Hall–Kier alpha value is -2.34. The molecular formula is C19H19FN2. The van der Waals surface area contributed by atoms with Crippen LogP contribution in [0.25, 0.3) is 11.1 Å². The lowest BCUT2D eigenvalue weighted by Crippen LogP contribution is -2.33. The van der Waals surface area contributed by atoms with Crippen LogP contribution in [0.1, 0.15) is 25.3 Å². The summed E-state index contributed by atoms with van der Waals surface area (Å²) < 4.78 is 14.0. The zero-order valence-corrected chi connectivity index (χ0v) is 12.7. The van der Waals surface area contributed by atoms with Gasteiger partial charge < -0.3 is 4.90 Å². The maximum absolute atomic E-state index is 14.0. The smallest absolute Gasteiger partial charge is 0.131 e. The predicted molar refractivity (Wildman–Crippen MR) is 87.2 cm³/mol. The van der Waals surface area contributed by atoms with Crippen molar-refractivity contribution in [3.63, 3.8) is 0 Å². The fraction of sp³-hybridized carbons (Fsp3) is 0.316. The SMILES string of the molecule is CC1CCN(c2cc(-c3ccccc3F)ccc2C#N)CC1. The lowest BCUT2D eigenvalue weighted by Gasteiger charge is -2.33. The Morgan fingerprint density at radius 3 is 2.55 bits per heavy atom. The molecule has 0 bridgehead atoms. The summed E-state index contributed by atoms with van der Waals surface area (Å²) in [5.41, 5.74) is 2.99. The van der Waals surface area contributed by atoms with Gasteiger partial charge in [-0.15, -0.1) is 0 Å². The van der Waals surface area contributed by atoms with Gasteiger partial charge in [0, 0.05) is 18.7 Å². The second-order valence-electron chi connectivity index (χ2n) is 5.99. The van der Waals surface area contributed by atoms with E-state index >= 15 is 0 Å². The van der Waals surface area contributed by atoms with E-state index in [0.717, 1.165) is 43.1 Å². The summed E-state index contributed by atoms with van der Waals surface area (Å²) in [6.07, 6.45) is 2.27. The van der Waals surface area contributed by atoms with Crippen molar-refractivity contribution in [3.05, 3.63) is 53.8 Å². The highest BCUT2D eigenvalue weighted by Crippen LogP contribution is 2.31. The van der Waals surface area contributed by atoms with Gasteiger partial charge in [-0.05, 0) is 42.5 Å². The molecule has 1 fully saturated rings. The Balaban J connectivity index is 2.00. The molecule has 0 N–H and O–H groups in total. The third kappa shape index (κ3) is 2.82. The molecule has 0 radical (unpaired) electrons. The van der Waals surface area contributed by atoms with Crippen LogP contribution in [0.2, 0.25) is 0 Å². The van der Waals surface area contributed by atoms with E-state index in [4.69, 9.17) is 0 Å². The van der Waals surface area contributed by atoms with Crippen LogP contribution in [0.3, 0.4) is 0 Å². The predicted octanol–water partition coefficient (Wildman–Crippen LogP) is 4.60. The number of nitriles is 1. The minimum atomic E-state index is -0.231. The van der Waals surface area contributed by atoms with E-state index in [9.17, 15) is 9.65 Å². The molecule has 0 aromatic heterocycles. The molecule has 0 aliphatic carbocycles. The van der Waals surface area contributed by atoms with Crippen molar-refractivity contribution < 1.29 is 4.39 Å². The highest BCUT2D eigenvalue weighted by Gasteiger charge is 2.19. The molecule has 2 aromatic rings. The Bertz CT molecular complexity index is 710. The number of rotatable bonds is 2. The van der Waals surface area contributed by atoms with Crippen LogP contribution in [0, 0.1) is 23.1 Å². The van der Waals surface area contributed by atoms with Crippen molar-refractivity contribution in [2.75, 3.05) is 18.0 Å². The van der Waals surface area contributed by atoms with Crippen molar-refractivity contribution in [3.8, 4) is 17.2 Å². The molecule has 2 aromatic carbocycles. The standard InChI is InChI=1S/C19H19FN2/c1-14-8-10-22(11-9-14)19-12-15(6-7-16(19)13-21)17-4-2-3-5-18(17)20/h2-7,12,14H,8-11H2,1H3. The second-order valence-corrected chi connectivity index (χ2v) is 5.99. The van der Waals surface area contributed by atoms with Gasteiger partial charge in [0.05, 0.1) is 11.3 Å². The largest absolute Gasteiger partial charge is 0.370 e. The topological polar surface area (TPSA) is 27.0 Å². The summed E-state index contributed by atoms with van der Waals surface area (Å²) >= 11 is 0. The first-order valence-corrected chi connectivity index (χ1v) is 7.73. The molecule has 0 atom stereocenters. The van der Waals surface area contributed by atoms with Gasteiger partial charge in [-0.1, -0.05) is 31.2 Å². The molecule has 2 nitrogen and oxygen atoms in total. The maximum Gasteiger partial charge on any atom is 0.131 e.